The first kappa shape index (κ1) is 19.5. The summed E-state index contributed by atoms with van der Waals surface area (Å²) in [6.07, 6.45) is 1.90. The Morgan fingerprint density at radius 3 is 2.60 bits per heavy atom. The van der Waals surface area contributed by atoms with E-state index < -0.39 is 11.2 Å². The van der Waals surface area contributed by atoms with Gasteiger partial charge in [-0.05, 0) is 36.4 Å². The number of hydrogen-bond donors (Lipinski definition) is 2. The first-order valence-corrected chi connectivity index (χ1v) is 9.23. The Bertz CT molecular complexity index is 1230. The highest BCUT2D eigenvalue weighted by molar-refractivity contribution is 5.81. The van der Waals surface area contributed by atoms with Crippen molar-refractivity contribution in [1.82, 2.24) is 14.5 Å². The van der Waals surface area contributed by atoms with E-state index >= 15 is 0 Å². The second kappa shape index (κ2) is 7.92. The van der Waals surface area contributed by atoms with Gasteiger partial charge in [0.05, 0.1) is 12.8 Å². The molecule has 0 saturated heterocycles. The van der Waals surface area contributed by atoms with E-state index in [0.29, 0.717) is 28.7 Å². The van der Waals surface area contributed by atoms with Gasteiger partial charge in [0.15, 0.2) is 11.6 Å². The maximum atomic E-state index is 12.3. The summed E-state index contributed by atoms with van der Waals surface area (Å²) in [6.45, 7) is 0.0964. The predicted octanol–water partition coefficient (Wildman–Crippen LogP) is 3.56. The van der Waals surface area contributed by atoms with Crippen molar-refractivity contribution in [3.63, 3.8) is 0 Å². The van der Waals surface area contributed by atoms with Crippen molar-refractivity contribution in [2.75, 3.05) is 14.2 Å². The Morgan fingerprint density at radius 1 is 1.20 bits per heavy atom. The van der Waals surface area contributed by atoms with Crippen LogP contribution in [-0.2, 0) is 18.4 Å². The molecule has 8 nitrogen and oxygen atoms in total. The molecule has 30 heavy (non-hydrogen) atoms. The average Bonchev–Trinajstić information content (AvgIpc) is 3.37. The number of ether oxygens (including phenoxy) is 2. The summed E-state index contributed by atoms with van der Waals surface area (Å²) in [5.41, 5.74) is 1.97. The molecule has 4 rings (SSSR count). The molecule has 154 valence electrons. The van der Waals surface area contributed by atoms with Gasteiger partial charge in [-0.1, -0.05) is 0 Å². The highest BCUT2D eigenvalue weighted by Crippen LogP contribution is 2.37. The normalized spacial score (nSPS) is 11.0. The van der Waals surface area contributed by atoms with Crippen molar-refractivity contribution in [2.45, 2.75) is 6.61 Å². The molecule has 1 aromatic carbocycles. The molecule has 0 spiro atoms. The average molecular weight is 407 g/mol. The van der Waals surface area contributed by atoms with Crippen LogP contribution in [0.2, 0.25) is 0 Å². The molecular weight excluding hydrogens is 386 g/mol. The van der Waals surface area contributed by atoms with E-state index in [0.717, 1.165) is 11.3 Å². The monoisotopic (exact) mass is 407 g/mol. The van der Waals surface area contributed by atoms with E-state index in [2.05, 4.69) is 4.98 Å². The molecule has 3 aromatic heterocycles. The summed E-state index contributed by atoms with van der Waals surface area (Å²) in [5.74, 6) is 1.09. The number of H-pyrrole nitrogens is 1. The minimum atomic E-state index is -0.556. The largest absolute Gasteiger partial charge is 0.501 e. The lowest BCUT2D eigenvalue weighted by atomic mass is 10.1. The van der Waals surface area contributed by atoms with Crippen LogP contribution >= 0.6 is 0 Å². The molecule has 0 amide bonds. The zero-order valence-corrected chi connectivity index (χ0v) is 16.8. The number of aromatic hydroxyl groups is 1. The Hall–Kier alpha value is -3.78. The van der Waals surface area contributed by atoms with Gasteiger partial charge in [0.1, 0.15) is 29.5 Å². The maximum absolute atomic E-state index is 12.3. The van der Waals surface area contributed by atoms with Crippen molar-refractivity contribution < 1.29 is 19.0 Å². The van der Waals surface area contributed by atoms with E-state index in [1.54, 1.807) is 7.11 Å². The van der Waals surface area contributed by atoms with Gasteiger partial charge < -0.3 is 28.5 Å². The number of benzene rings is 1. The fourth-order valence-electron chi connectivity index (χ4n) is 3.24. The summed E-state index contributed by atoms with van der Waals surface area (Å²) in [5, 5.41) is 10.5. The zero-order valence-electron chi connectivity index (χ0n) is 16.8. The molecule has 4 aromatic rings. The van der Waals surface area contributed by atoms with E-state index in [1.807, 2.05) is 54.2 Å². The summed E-state index contributed by atoms with van der Waals surface area (Å²) in [7, 11) is 5.00. The fraction of sp³-hybridized carbons (Fsp3) is 0.182. The summed E-state index contributed by atoms with van der Waals surface area (Å²) in [4.78, 5) is 20.3. The standard InChI is InChI=1S/C22H21N3O5/c1-25-10-4-5-16(25)22-23-18(13-6-8-14(29-3)9-7-13)19(24-22)21-20(27)17(26)11-15(30-21)12-28-2/h4-11,27H,12H2,1-3H3,(H,23,24). The molecular formula is C22H21N3O5. The molecule has 0 aliphatic carbocycles. The summed E-state index contributed by atoms with van der Waals surface area (Å²) >= 11 is 0. The van der Waals surface area contributed by atoms with Gasteiger partial charge in [-0.25, -0.2) is 4.98 Å². The lowest BCUT2D eigenvalue weighted by Crippen LogP contribution is -2.04. The molecule has 0 aliphatic rings. The molecule has 0 fully saturated rings. The number of methoxy groups -OCH3 is 2. The van der Waals surface area contributed by atoms with Crippen molar-refractivity contribution in [3.05, 3.63) is 64.6 Å². The number of nitrogens with zero attached hydrogens (tertiary/aromatic N) is 2. The molecule has 0 radical (unpaired) electrons. The molecule has 3 heterocycles. The van der Waals surface area contributed by atoms with Crippen LogP contribution in [-0.4, -0.2) is 33.9 Å². The third-order valence-corrected chi connectivity index (χ3v) is 4.74. The second-order valence-corrected chi connectivity index (χ2v) is 6.73. The Balaban J connectivity index is 1.95. The van der Waals surface area contributed by atoms with Crippen molar-refractivity contribution in [1.29, 1.82) is 0 Å². The fourth-order valence-corrected chi connectivity index (χ4v) is 3.24. The van der Waals surface area contributed by atoms with Gasteiger partial charge in [0.25, 0.3) is 0 Å². The maximum Gasteiger partial charge on any atom is 0.227 e. The lowest BCUT2D eigenvalue weighted by Gasteiger charge is -2.07. The van der Waals surface area contributed by atoms with Crippen LogP contribution in [0.4, 0.5) is 0 Å². The Morgan fingerprint density at radius 2 is 1.97 bits per heavy atom. The Labute approximate surface area is 172 Å². The third-order valence-electron chi connectivity index (χ3n) is 4.74. The van der Waals surface area contributed by atoms with Crippen LogP contribution < -0.4 is 10.2 Å². The SMILES string of the molecule is COCc1cc(=O)c(O)c(-c2[nH]c(-c3cccn3C)nc2-c2ccc(OC)cc2)o1. The van der Waals surface area contributed by atoms with Gasteiger partial charge in [-0.2, -0.15) is 0 Å². The van der Waals surface area contributed by atoms with E-state index in [4.69, 9.17) is 18.9 Å². The highest BCUT2D eigenvalue weighted by atomic mass is 16.5. The summed E-state index contributed by atoms with van der Waals surface area (Å²) < 4.78 is 18.0. The molecule has 8 heteroatoms. The number of rotatable bonds is 6. The van der Waals surface area contributed by atoms with Gasteiger partial charge in [-0.3, -0.25) is 4.79 Å². The highest BCUT2D eigenvalue weighted by Gasteiger charge is 2.23. The second-order valence-electron chi connectivity index (χ2n) is 6.73. The first-order chi connectivity index (χ1) is 14.5. The van der Waals surface area contributed by atoms with Gasteiger partial charge >= 0.3 is 0 Å². The molecule has 2 N–H and O–H groups in total. The zero-order chi connectivity index (χ0) is 21.3. The third kappa shape index (κ3) is 3.48. The minimum absolute atomic E-state index is 0.00771. The number of hydrogen-bond acceptors (Lipinski definition) is 6. The van der Waals surface area contributed by atoms with E-state index in [9.17, 15) is 9.90 Å². The quantitative estimate of drug-likeness (QED) is 0.507. The van der Waals surface area contributed by atoms with Crippen LogP contribution in [0.25, 0.3) is 34.2 Å². The molecule has 0 atom stereocenters. The van der Waals surface area contributed by atoms with Crippen LogP contribution in [0, 0.1) is 0 Å². The van der Waals surface area contributed by atoms with Crippen molar-refractivity contribution in [3.8, 4) is 45.7 Å². The van der Waals surface area contributed by atoms with Gasteiger partial charge in [-0.15, -0.1) is 0 Å². The minimum Gasteiger partial charge on any atom is -0.501 e. The number of nitrogens with one attached hydrogen (secondary N) is 1. The van der Waals surface area contributed by atoms with Crippen LogP contribution in [0.5, 0.6) is 11.5 Å². The number of aromatic nitrogens is 3. The lowest BCUT2D eigenvalue weighted by molar-refractivity contribution is 0.162. The van der Waals surface area contributed by atoms with E-state index in [1.165, 1.54) is 13.2 Å². The van der Waals surface area contributed by atoms with E-state index in [-0.39, 0.29) is 12.4 Å². The van der Waals surface area contributed by atoms with Crippen LogP contribution in [0.15, 0.2) is 57.9 Å². The van der Waals surface area contributed by atoms with Crippen LogP contribution in [0.1, 0.15) is 5.76 Å². The molecule has 0 saturated carbocycles. The van der Waals surface area contributed by atoms with Gasteiger partial charge in [0.2, 0.25) is 11.2 Å². The molecule has 0 aliphatic heterocycles. The number of aryl methyl sites for hydroxylation is 1. The Kier molecular flexibility index (Phi) is 5.16. The van der Waals surface area contributed by atoms with Crippen LogP contribution in [0.3, 0.4) is 0 Å². The molecule has 0 unspecified atom stereocenters. The van der Waals surface area contributed by atoms with Gasteiger partial charge in [0, 0.05) is 32.0 Å². The molecule has 0 bridgehead atoms. The predicted molar refractivity (Wildman–Crippen MR) is 111 cm³/mol. The number of aromatic amines is 1. The summed E-state index contributed by atoms with van der Waals surface area (Å²) in [6, 6.07) is 12.4. The van der Waals surface area contributed by atoms with Crippen molar-refractivity contribution in [2.24, 2.45) is 7.05 Å². The number of imidazole rings is 1. The first-order valence-electron chi connectivity index (χ1n) is 9.23. The topological polar surface area (TPSA) is 103 Å². The van der Waals surface area contributed by atoms with Crippen molar-refractivity contribution >= 4 is 0 Å². The smallest absolute Gasteiger partial charge is 0.227 e.